The van der Waals surface area contributed by atoms with E-state index in [1.54, 1.807) is 18.2 Å². The number of rotatable bonds is 6. The van der Waals surface area contributed by atoms with Crippen molar-refractivity contribution in [3.63, 3.8) is 0 Å². The third-order valence-electron chi connectivity index (χ3n) is 4.97. The fraction of sp³-hybridized carbons (Fsp3) is 0.0800. The number of sulfonamides is 1. The molecule has 0 heterocycles. The summed E-state index contributed by atoms with van der Waals surface area (Å²) in [6.45, 7) is 1.99. The van der Waals surface area contributed by atoms with E-state index in [4.69, 9.17) is 0 Å². The van der Waals surface area contributed by atoms with Crippen LogP contribution in [0.1, 0.15) is 11.1 Å². The van der Waals surface area contributed by atoms with Gasteiger partial charge in [-0.2, -0.15) is 0 Å². The van der Waals surface area contributed by atoms with Crippen LogP contribution in [0.15, 0.2) is 95.9 Å². The van der Waals surface area contributed by atoms with Crippen molar-refractivity contribution in [2.24, 2.45) is 0 Å². The molecule has 0 saturated heterocycles. The number of fused-ring (bicyclic) bond motifs is 1. The first kappa shape index (κ1) is 20.6. The van der Waals surface area contributed by atoms with Crippen molar-refractivity contribution in [2.75, 3.05) is 10.0 Å². The molecule has 0 saturated carbocycles. The third-order valence-corrected chi connectivity index (χ3v) is 6.35. The van der Waals surface area contributed by atoms with Crippen LogP contribution in [-0.2, 0) is 21.2 Å². The van der Waals surface area contributed by atoms with E-state index in [1.807, 2.05) is 67.6 Å². The third kappa shape index (κ3) is 4.92. The van der Waals surface area contributed by atoms with Crippen LogP contribution in [-0.4, -0.2) is 14.3 Å². The fourth-order valence-corrected chi connectivity index (χ4v) is 4.41. The molecule has 0 bridgehead atoms. The minimum Gasteiger partial charge on any atom is -0.326 e. The lowest BCUT2D eigenvalue weighted by atomic mass is 10.1. The summed E-state index contributed by atoms with van der Waals surface area (Å²) < 4.78 is 28.4. The Morgan fingerprint density at radius 1 is 0.806 bits per heavy atom. The van der Waals surface area contributed by atoms with Crippen LogP contribution in [0.25, 0.3) is 10.8 Å². The van der Waals surface area contributed by atoms with Crippen LogP contribution in [0.5, 0.6) is 0 Å². The van der Waals surface area contributed by atoms with Gasteiger partial charge in [0.2, 0.25) is 5.91 Å². The predicted octanol–water partition coefficient (Wildman–Crippen LogP) is 5.13. The van der Waals surface area contributed by atoms with Gasteiger partial charge in [0.05, 0.1) is 17.0 Å². The molecule has 5 nitrogen and oxygen atoms in total. The molecule has 0 aliphatic carbocycles. The topological polar surface area (TPSA) is 75.3 Å². The number of benzene rings is 4. The van der Waals surface area contributed by atoms with Crippen LogP contribution in [0, 0.1) is 6.92 Å². The van der Waals surface area contributed by atoms with Crippen molar-refractivity contribution >= 4 is 38.1 Å². The summed E-state index contributed by atoms with van der Waals surface area (Å²) in [7, 11) is -3.77. The number of hydrogen-bond acceptors (Lipinski definition) is 3. The van der Waals surface area contributed by atoms with E-state index in [0.29, 0.717) is 11.4 Å². The molecule has 0 fully saturated rings. The molecule has 0 atom stereocenters. The number of anilines is 2. The largest absolute Gasteiger partial charge is 0.326 e. The van der Waals surface area contributed by atoms with Crippen molar-refractivity contribution in [2.45, 2.75) is 18.2 Å². The molecule has 6 heteroatoms. The van der Waals surface area contributed by atoms with Gasteiger partial charge >= 0.3 is 0 Å². The Morgan fingerprint density at radius 2 is 1.48 bits per heavy atom. The first-order valence-corrected chi connectivity index (χ1v) is 11.4. The highest BCUT2D eigenvalue weighted by Gasteiger charge is 2.16. The van der Waals surface area contributed by atoms with E-state index in [1.165, 1.54) is 12.1 Å². The average Bonchev–Trinajstić information content (AvgIpc) is 2.76. The molecule has 2 N–H and O–H groups in total. The first-order chi connectivity index (χ1) is 14.9. The van der Waals surface area contributed by atoms with Gasteiger partial charge in [0.1, 0.15) is 0 Å². The van der Waals surface area contributed by atoms with Gasteiger partial charge in [-0.1, -0.05) is 66.2 Å². The minimum absolute atomic E-state index is 0.122. The summed E-state index contributed by atoms with van der Waals surface area (Å²) in [5.74, 6) is -0.159. The van der Waals surface area contributed by atoms with Gasteiger partial charge in [0, 0.05) is 11.1 Å². The molecule has 0 aliphatic heterocycles. The lowest BCUT2D eigenvalue weighted by Gasteiger charge is -2.11. The highest BCUT2D eigenvalue weighted by Crippen LogP contribution is 2.26. The van der Waals surface area contributed by atoms with Crippen molar-refractivity contribution in [3.05, 3.63) is 102 Å². The molecular weight excluding hydrogens is 408 g/mol. The van der Waals surface area contributed by atoms with E-state index in [9.17, 15) is 13.2 Å². The first-order valence-electron chi connectivity index (χ1n) is 9.87. The normalized spacial score (nSPS) is 11.3. The highest BCUT2D eigenvalue weighted by molar-refractivity contribution is 7.92. The van der Waals surface area contributed by atoms with Crippen molar-refractivity contribution < 1.29 is 13.2 Å². The molecule has 0 spiro atoms. The molecule has 31 heavy (non-hydrogen) atoms. The summed E-state index contributed by atoms with van der Waals surface area (Å²) in [4.78, 5) is 12.4. The van der Waals surface area contributed by atoms with Gasteiger partial charge in [-0.25, -0.2) is 8.42 Å². The van der Waals surface area contributed by atoms with Gasteiger partial charge in [-0.3, -0.25) is 9.52 Å². The quantitative estimate of drug-likeness (QED) is 0.445. The molecular formula is C25H22N2O3S. The number of nitrogens with one attached hydrogen (secondary N) is 2. The maximum absolute atomic E-state index is 12.8. The summed E-state index contributed by atoms with van der Waals surface area (Å²) in [6.07, 6.45) is 0.253. The number of carbonyl (C=O) groups excluding carboxylic acids is 1. The summed E-state index contributed by atoms with van der Waals surface area (Å²) in [6, 6.07) is 27.0. The van der Waals surface area contributed by atoms with Gasteiger partial charge in [0.25, 0.3) is 10.0 Å². The number of hydrogen-bond donors (Lipinski definition) is 2. The Labute approximate surface area is 181 Å². The molecule has 0 radical (unpaired) electrons. The zero-order valence-corrected chi connectivity index (χ0v) is 17.8. The van der Waals surface area contributed by atoms with Crippen LogP contribution < -0.4 is 10.0 Å². The van der Waals surface area contributed by atoms with Crippen molar-refractivity contribution in [1.29, 1.82) is 0 Å². The number of carbonyl (C=O) groups is 1. The highest BCUT2D eigenvalue weighted by atomic mass is 32.2. The monoisotopic (exact) mass is 430 g/mol. The lowest BCUT2D eigenvalue weighted by Crippen LogP contribution is -2.15. The van der Waals surface area contributed by atoms with E-state index >= 15 is 0 Å². The van der Waals surface area contributed by atoms with E-state index in [0.717, 1.165) is 21.9 Å². The maximum atomic E-state index is 12.8. The average molecular weight is 431 g/mol. The molecule has 156 valence electrons. The van der Waals surface area contributed by atoms with Crippen molar-refractivity contribution in [1.82, 2.24) is 0 Å². The van der Waals surface area contributed by atoms with Gasteiger partial charge in [-0.15, -0.1) is 0 Å². The van der Waals surface area contributed by atoms with E-state index in [-0.39, 0.29) is 17.2 Å². The minimum atomic E-state index is -3.77. The Bertz CT molecular complexity index is 1320. The van der Waals surface area contributed by atoms with Crippen LogP contribution in [0.4, 0.5) is 11.4 Å². The zero-order valence-electron chi connectivity index (χ0n) is 17.0. The second-order valence-electron chi connectivity index (χ2n) is 7.37. The molecule has 4 aromatic rings. The number of amides is 1. The summed E-state index contributed by atoms with van der Waals surface area (Å²) in [5, 5.41) is 4.58. The van der Waals surface area contributed by atoms with Gasteiger partial charge in [0.15, 0.2) is 0 Å². The van der Waals surface area contributed by atoms with Crippen LogP contribution in [0.2, 0.25) is 0 Å². The van der Waals surface area contributed by atoms with Crippen LogP contribution in [0.3, 0.4) is 0 Å². The summed E-state index contributed by atoms with van der Waals surface area (Å²) in [5.41, 5.74) is 3.12. The molecule has 4 aromatic carbocycles. The smallest absolute Gasteiger partial charge is 0.261 e. The van der Waals surface area contributed by atoms with E-state index in [2.05, 4.69) is 10.0 Å². The number of aryl methyl sites for hydroxylation is 1. The predicted molar refractivity (Wildman–Crippen MR) is 125 cm³/mol. The van der Waals surface area contributed by atoms with Crippen molar-refractivity contribution in [3.8, 4) is 0 Å². The lowest BCUT2D eigenvalue weighted by molar-refractivity contribution is -0.115. The SMILES string of the molecule is Cc1ccc(CC(=O)Nc2ccc(S(=O)(=O)Nc3cccc4ccccc34)cc2)cc1. The van der Waals surface area contributed by atoms with Gasteiger partial charge < -0.3 is 5.32 Å². The fourth-order valence-electron chi connectivity index (χ4n) is 3.33. The molecule has 0 aromatic heterocycles. The van der Waals surface area contributed by atoms with Crippen LogP contribution >= 0.6 is 0 Å². The van der Waals surface area contributed by atoms with Gasteiger partial charge in [-0.05, 0) is 48.2 Å². The molecule has 0 aliphatic rings. The second-order valence-corrected chi connectivity index (χ2v) is 9.05. The Morgan fingerprint density at radius 3 is 2.23 bits per heavy atom. The second kappa shape index (κ2) is 8.62. The van der Waals surface area contributed by atoms with E-state index < -0.39 is 10.0 Å². The Balaban J connectivity index is 1.46. The Hall–Kier alpha value is -3.64. The standard InChI is InChI=1S/C25H22N2O3S/c1-18-9-11-19(12-10-18)17-25(28)26-21-13-15-22(16-14-21)31(29,30)27-24-8-4-6-20-5-2-3-7-23(20)24/h2-16,27H,17H2,1H3,(H,26,28). The maximum Gasteiger partial charge on any atom is 0.261 e. The summed E-state index contributed by atoms with van der Waals surface area (Å²) >= 11 is 0. The molecule has 4 rings (SSSR count). The molecule has 1 amide bonds. The Kier molecular flexibility index (Phi) is 5.73. The zero-order chi connectivity index (χ0) is 21.8. The molecule has 0 unspecified atom stereocenters.